The lowest BCUT2D eigenvalue weighted by molar-refractivity contribution is 0.296. The van der Waals surface area contributed by atoms with E-state index in [-0.39, 0.29) is 5.82 Å². The zero-order valence-electron chi connectivity index (χ0n) is 11.1. The molecule has 0 bridgehead atoms. The maximum absolute atomic E-state index is 13.6. The number of para-hydroxylation sites is 1. The van der Waals surface area contributed by atoms with Crippen LogP contribution in [0.4, 0.5) is 4.39 Å². The van der Waals surface area contributed by atoms with Crippen LogP contribution in [0.25, 0.3) is 10.9 Å². The summed E-state index contributed by atoms with van der Waals surface area (Å²) in [5.41, 5.74) is 1.85. The number of aromatic nitrogens is 1. The number of aromatic amines is 1. The second-order valence-electron chi connectivity index (χ2n) is 5.17. The molecular formula is C15H20FN3. The second kappa shape index (κ2) is 5.72. The van der Waals surface area contributed by atoms with Crippen molar-refractivity contribution in [2.45, 2.75) is 12.8 Å². The highest BCUT2D eigenvalue weighted by atomic mass is 19.1. The summed E-state index contributed by atoms with van der Waals surface area (Å²) in [6.07, 6.45) is 4.13. The molecule has 0 atom stereocenters. The van der Waals surface area contributed by atoms with E-state index >= 15 is 0 Å². The van der Waals surface area contributed by atoms with Gasteiger partial charge < -0.3 is 15.2 Å². The molecule has 19 heavy (non-hydrogen) atoms. The minimum Gasteiger partial charge on any atom is -0.359 e. The van der Waals surface area contributed by atoms with Gasteiger partial charge in [-0.05, 0) is 37.6 Å². The zero-order valence-corrected chi connectivity index (χ0v) is 11.1. The van der Waals surface area contributed by atoms with Crippen molar-refractivity contribution in [2.75, 3.05) is 32.7 Å². The summed E-state index contributed by atoms with van der Waals surface area (Å²) in [5.74, 6) is -0.164. The Hall–Kier alpha value is -1.39. The topological polar surface area (TPSA) is 31.1 Å². The first-order valence-electron chi connectivity index (χ1n) is 7.02. The van der Waals surface area contributed by atoms with Crippen LogP contribution in [-0.4, -0.2) is 42.6 Å². The third-order valence-corrected chi connectivity index (χ3v) is 3.88. The molecule has 1 aromatic carbocycles. The van der Waals surface area contributed by atoms with Gasteiger partial charge in [-0.25, -0.2) is 4.39 Å². The number of rotatable bonds is 3. The van der Waals surface area contributed by atoms with Gasteiger partial charge in [0.15, 0.2) is 0 Å². The normalized spacial score (nSPS) is 17.7. The van der Waals surface area contributed by atoms with Gasteiger partial charge in [0.05, 0.1) is 5.52 Å². The van der Waals surface area contributed by atoms with Gasteiger partial charge in [0.25, 0.3) is 0 Å². The molecule has 1 fully saturated rings. The van der Waals surface area contributed by atoms with Crippen molar-refractivity contribution in [1.82, 2.24) is 15.2 Å². The molecule has 1 aliphatic rings. The van der Waals surface area contributed by atoms with Crippen molar-refractivity contribution in [3.05, 3.63) is 35.8 Å². The summed E-state index contributed by atoms with van der Waals surface area (Å²) in [6, 6.07) is 5.28. The highest BCUT2D eigenvalue weighted by molar-refractivity contribution is 5.83. The van der Waals surface area contributed by atoms with Crippen molar-refractivity contribution < 1.29 is 4.39 Å². The number of halogens is 1. The van der Waals surface area contributed by atoms with Gasteiger partial charge in [-0.3, -0.25) is 0 Å². The van der Waals surface area contributed by atoms with Gasteiger partial charge in [-0.1, -0.05) is 12.1 Å². The van der Waals surface area contributed by atoms with Crippen molar-refractivity contribution in [3.63, 3.8) is 0 Å². The third-order valence-electron chi connectivity index (χ3n) is 3.88. The quantitative estimate of drug-likeness (QED) is 0.887. The minimum absolute atomic E-state index is 0.164. The van der Waals surface area contributed by atoms with Crippen LogP contribution in [0.2, 0.25) is 0 Å². The number of fused-ring (bicyclic) bond motifs is 1. The van der Waals surface area contributed by atoms with Crippen LogP contribution in [0.15, 0.2) is 24.4 Å². The number of benzene rings is 1. The average Bonchev–Trinajstić information content (AvgIpc) is 2.67. The van der Waals surface area contributed by atoms with E-state index in [4.69, 9.17) is 0 Å². The Morgan fingerprint density at radius 1 is 1.21 bits per heavy atom. The molecule has 0 radical (unpaired) electrons. The zero-order chi connectivity index (χ0) is 13.1. The molecule has 2 heterocycles. The Bertz CT molecular complexity index is 541. The van der Waals surface area contributed by atoms with Crippen molar-refractivity contribution in [1.29, 1.82) is 0 Å². The van der Waals surface area contributed by atoms with Gasteiger partial charge in [0.1, 0.15) is 5.82 Å². The van der Waals surface area contributed by atoms with E-state index in [0.29, 0.717) is 5.52 Å². The molecule has 2 aromatic rings. The minimum atomic E-state index is -0.164. The molecule has 0 saturated carbocycles. The molecule has 3 nitrogen and oxygen atoms in total. The Balaban J connectivity index is 1.69. The predicted molar refractivity (Wildman–Crippen MR) is 75.9 cm³/mol. The largest absolute Gasteiger partial charge is 0.359 e. The molecule has 0 amide bonds. The average molecular weight is 261 g/mol. The molecule has 1 aromatic heterocycles. The molecule has 1 saturated heterocycles. The molecular weight excluding hydrogens is 241 g/mol. The molecule has 2 N–H and O–H groups in total. The number of H-pyrrole nitrogens is 1. The van der Waals surface area contributed by atoms with E-state index in [1.165, 1.54) is 18.1 Å². The van der Waals surface area contributed by atoms with Gasteiger partial charge in [-0.2, -0.15) is 0 Å². The van der Waals surface area contributed by atoms with Crippen molar-refractivity contribution in [2.24, 2.45) is 0 Å². The van der Waals surface area contributed by atoms with Crippen LogP contribution in [0.5, 0.6) is 0 Å². The molecule has 102 valence electrons. The van der Waals surface area contributed by atoms with Crippen LogP contribution in [-0.2, 0) is 6.42 Å². The van der Waals surface area contributed by atoms with Crippen LogP contribution < -0.4 is 5.32 Å². The SMILES string of the molecule is Fc1cccc2c(CCN3CCCNCC3)c[nH]c12. The number of nitrogens with one attached hydrogen (secondary N) is 2. The smallest absolute Gasteiger partial charge is 0.147 e. The van der Waals surface area contributed by atoms with E-state index in [0.717, 1.165) is 44.5 Å². The summed E-state index contributed by atoms with van der Waals surface area (Å²) in [4.78, 5) is 5.53. The maximum atomic E-state index is 13.6. The highest BCUT2D eigenvalue weighted by Gasteiger charge is 2.11. The fourth-order valence-corrected chi connectivity index (χ4v) is 2.79. The molecule has 3 rings (SSSR count). The third kappa shape index (κ3) is 2.80. The summed E-state index contributed by atoms with van der Waals surface area (Å²) in [6.45, 7) is 5.50. The standard InChI is InChI=1S/C15H20FN3/c16-14-4-1-3-13-12(11-18-15(13)14)5-9-19-8-2-6-17-7-10-19/h1,3-4,11,17-18H,2,5-10H2. The first-order valence-corrected chi connectivity index (χ1v) is 7.02. The monoisotopic (exact) mass is 261 g/mol. The van der Waals surface area contributed by atoms with E-state index in [1.54, 1.807) is 6.07 Å². The molecule has 0 spiro atoms. The Kier molecular flexibility index (Phi) is 3.80. The predicted octanol–water partition coefficient (Wildman–Crippen LogP) is 2.14. The van der Waals surface area contributed by atoms with Gasteiger partial charge >= 0.3 is 0 Å². The van der Waals surface area contributed by atoms with Crippen molar-refractivity contribution in [3.8, 4) is 0 Å². The van der Waals surface area contributed by atoms with E-state index in [9.17, 15) is 4.39 Å². The van der Waals surface area contributed by atoms with Crippen LogP contribution in [0.3, 0.4) is 0 Å². The van der Waals surface area contributed by atoms with Gasteiger partial charge in [0.2, 0.25) is 0 Å². The fourth-order valence-electron chi connectivity index (χ4n) is 2.79. The van der Waals surface area contributed by atoms with Crippen LogP contribution in [0, 0.1) is 5.82 Å². The first-order chi connectivity index (χ1) is 9.34. The Labute approximate surface area is 112 Å². The molecule has 4 heteroatoms. The lowest BCUT2D eigenvalue weighted by Gasteiger charge is -2.18. The molecule has 0 aliphatic carbocycles. The van der Waals surface area contributed by atoms with Crippen LogP contribution >= 0.6 is 0 Å². The van der Waals surface area contributed by atoms with Gasteiger partial charge in [0, 0.05) is 31.2 Å². The Morgan fingerprint density at radius 2 is 2.16 bits per heavy atom. The summed E-state index contributed by atoms with van der Waals surface area (Å²) < 4.78 is 13.6. The lowest BCUT2D eigenvalue weighted by Crippen LogP contribution is -2.30. The van der Waals surface area contributed by atoms with Gasteiger partial charge in [-0.15, -0.1) is 0 Å². The number of hydrogen-bond donors (Lipinski definition) is 2. The Morgan fingerprint density at radius 3 is 3.11 bits per heavy atom. The van der Waals surface area contributed by atoms with Crippen molar-refractivity contribution >= 4 is 10.9 Å². The highest BCUT2D eigenvalue weighted by Crippen LogP contribution is 2.21. The fraction of sp³-hybridized carbons (Fsp3) is 0.467. The second-order valence-corrected chi connectivity index (χ2v) is 5.17. The van der Waals surface area contributed by atoms with E-state index in [2.05, 4.69) is 15.2 Å². The van der Waals surface area contributed by atoms with E-state index < -0.39 is 0 Å². The van der Waals surface area contributed by atoms with E-state index in [1.807, 2.05) is 12.3 Å². The maximum Gasteiger partial charge on any atom is 0.147 e. The number of nitrogens with zero attached hydrogens (tertiary/aromatic N) is 1. The van der Waals surface area contributed by atoms with Crippen LogP contribution in [0.1, 0.15) is 12.0 Å². The number of hydrogen-bond acceptors (Lipinski definition) is 2. The first kappa shape index (κ1) is 12.6. The molecule has 1 aliphatic heterocycles. The molecule has 0 unspecified atom stereocenters. The summed E-state index contributed by atoms with van der Waals surface area (Å²) in [7, 11) is 0. The summed E-state index contributed by atoms with van der Waals surface area (Å²) in [5, 5.41) is 4.43. The summed E-state index contributed by atoms with van der Waals surface area (Å²) >= 11 is 0. The lowest BCUT2D eigenvalue weighted by atomic mass is 10.1.